The van der Waals surface area contributed by atoms with Crippen LogP contribution in [0.3, 0.4) is 0 Å². The SMILES string of the molecule is COc1ccc(C(CCCCCCc2ncc[nH]2)=NO)cc1. The number of oxime groups is 1. The Kier molecular flexibility index (Phi) is 6.48. The molecule has 1 aromatic carbocycles. The van der Waals surface area contributed by atoms with Gasteiger partial charge in [0.25, 0.3) is 0 Å². The van der Waals surface area contributed by atoms with Crippen LogP contribution in [0, 0.1) is 0 Å². The second-order valence-corrected chi connectivity index (χ2v) is 5.23. The lowest BCUT2D eigenvalue weighted by Gasteiger charge is -2.06. The molecule has 5 heteroatoms. The van der Waals surface area contributed by atoms with Gasteiger partial charge in [-0.15, -0.1) is 0 Å². The molecular weight excluding hydrogens is 278 g/mol. The number of imidazole rings is 1. The van der Waals surface area contributed by atoms with Crippen LogP contribution in [0.1, 0.15) is 43.5 Å². The Balaban J connectivity index is 1.67. The van der Waals surface area contributed by atoms with Crippen molar-refractivity contribution in [3.8, 4) is 5.75 Å². The Bertz CT molecular complexity index is 562. The number of ether oxygens (including phenoxy) is 1. The molecule has 0 bridgehead atoms. The van der Waals surface area contributed by atoms with Gasteiger partial charge in [-0.25, -0.2) is 4.98 Å². The molecule has 2 aromatic rings. The number of benzene rings is 1. The lowest BCUT2D eigenvalue weighted by atomic mass is 10.0. The highest BCUT2D eigenvalue weighted by Crippen LogP contribution is 2.15. The molecule has 0 aliphatic rings. The van der Waals surface area contributed by atoms with Crippen LogP contribution in [0.25, 0.3) is 0 Å². The fraction of sp³-hybridized carbons (Fsp3) is 0.412. The first-order chi connectivity index (χ1) is 10.8. The minimum absolute atomic E-state index is 0.730. The van der Waals surface area contributed by atoms with Crippen molar-refractivity contribution in [3.05, 3.63) is 48.0 Å². The third-order valence-electron chi connectivity index (χ3n) is 3.68. The van der Waals surface area contributed by atoms with Gasteiger partial charge in [0, 0.05) is 18.8 Å². The van der Waals surface area contributed by atoms with Crippen molar-refractivity contribution in [1.82, 2.24) is 9.97 Å². The molecule has 22 heavy (non-hydrogen) atoms. The van der Waals surface area contributed by atoms with Gasteiger partial charge in [0.15, 0.2) is 0 Å². The van der Waals surface area contributed by atoms with Crippen LogP contribution in [0.5, 0.6) is 5.75 Å². The second kappa shape index (κ2) is 8.87. The molecule has 0 atom stereocenters. The predicted octanol–water partition coefficient (Wildman–Crippen LogP) is 3.79. The Hall–Kier alpha value is -2.30. The molecule has 0 aliphatic carbocycles. The van der Waals surface area contributed by atoms with Crippen molar-refractivity contribution in [2.75, 3.05) is 7.11 Å². The van der Waals surface area contributed by atoms with Crippen LogP contribution in [0.4, 0.5) is 0 Å². The molecule has 2 rings (SSSR count). The lowest BCUT2D eigenvalue weighted by molar-refractivity contribution is 0.317. The number of hydrogen-bond acceptors (Lipinski definition) is 4. The topological polar surface area (TPSA) is 70.5 Å². The van der Waals surface area contributed by atoms with Crippen molar-refractivity contribution >= 4 is 5.71 Å². The number of hydrogen-bond donors (Lipinski definition) is 2. The van der Waals surface area contributed by atoms with Crippen molar-refractivity contribution < 1.29 is 9.94 Å². The predicted molar refractivity (Wildman–Crippen MR) is 86.7 cm³/mol. The monoisotopic (exact) mass is 301 g/mol. The molecule has 0 amide bonds. The van der Waals surface area contributed by atoms with Crippen LogP contribution in [0.15, 0.2) is 41.8 Å². The summed E-state index contributed by atoms with van der Waals surface area (Å²) >= 11 is 0. The molecule has 0 saturated heterocycles. The van der Waals surface area contributed by atoms with E-state index in [9.17, 15) is 5.21 Å². The summed E-state index contributed by atoms with van der Waals surface area (Å²) in [6, 6.07) is 7.60. The van der Waals surface area contributed by atoms with Crippen molar-refractivity contribution in [3.63, 3.8) is 0 Å². The number of H-pyrrole nitrogens is 1. The van der Waals surface area contributed by atoms with E-state index in [0.29, 0.717) is 0 Å². The minimum Gasteiger partial charge on any atom is -0.497 e. The fourth-order valence-electron chi connectivity index (χ4n) is 2.41. The maximum Gasteiger partial charge on any atom is 0.118 e. The first-order valence-electron chi connectivity index (χ1n) is 7.67. The van der Waals surface area contributed by atoms with Crippen molar-refractivity contribution in [1.29, 1.82) is 0 Å². The van der Waals surface area contributed by atoms with E-state index in [1.165, 1.54) is 0 Å². The average molecular weight is 301 g/mol. The summed E-state index contributed by atoms with van der Waals surface area (Å²) in [6.45, 7) is 0. The summed E-state index contributed by atoms with van der Waals surface area (Å²) in [5.74, 6) is 1.86. The van der Waals surface area contributed by atoms with Crippen LogP contribution in [-0.2, 0) is 6.42 Å². The number of nitrogens with zero attached hydrogens (tertiary/aromatic N) is 2. The number of aromatic amines is 1. The quantitative estimate of drug-likeness (QED) is 0.320. The summed E-state index contributed by atoms with van der Waals surface area (Å²) in [4.78, 5) is 7.32. The molecule has 2 N–H and O–H groups in total. The summed E-state index contributed by atoms with van der Waals surface area (Å²) in [5.41, 5.74) is 1.67. The Morgan fingerprint density at radius 2 is 1.95 bits per heavy atom. The molecule has 1 heterocycles. The van der Waals surface area contributed by atoms with Gasteiger partial charge in [-0.3, -0.25) is 0 Å². The smallest absolute Gasteiger partial charge is 0.118 e. The van der Waals surface area contributed by atoms with Gasteiger partial charge in [0.1, 0.15) is 11.6 Å². The molecule has 5 nitrogen and oxygen atoms in total. The van der Waals surface area contributed by atoms with Gasteiger partial charge >= 0.3 is 0 Å². The van der Waals surface area contributed by atoms with Gasteiger partial charge in [-0.2, -0.15) is 0 Å². The third-order valence-corrected chi connectivity index (χ3v) is 3.68. The largest absolute Gasteiger partial charge is 0.497 e. The molecular formula is C17H23N3O2. The molecule has 1 aromatic heterocycles. The van der Waals surface area contributed by atoms with Gasteiger partial charge in [-0.05, 0) is 49.1 Å². The van der Waals surface area contributed by atoms with Crippen molar-refractivity contribution in [2.45, 2.75) is 38.5 Å². The number of unbranched alkanes of at least 4 members (excludes halogenated alkanes) is 3. The summed E-state index contributed by atoms with van der Waals surface area (Å²) in [7, 11) is 1.64. The highest BCUT2D eigenvalue weighted by molar-refractivity contribution is 6.00. The standard InChI is InChI=1S/C17H23N3O2/c1-22-15-10-8-14(9-11-15)16(20-21)6-4-2-3-5-7-17-18-12-13-19-17/h8-13,21H,2-7H2,1H3,(H,18,19). The zero-order chi connectivity index (χ0) is 15.6. The highest BCUT2D eigenvalue weighted by atomic mass is 16.5. The fourth-order valence-corrected chi connectivity index (χ4v) is 2.41. The van der Waals surface area contributed by atoms with Gasteiger partial charge < -0.3 is 14.9 Å². The summed E-state index contributed by atoms with van der Waals surface area (Å²) < 4.78 is 5.13. The van der Waals surface area contributed by atoms with E-state index in [1.54, 1.807) is 13.3 Å². The number of rotatable bonds is 9. The second-order valence-electron chi connectivity index (χ2n) is 5.23. The molecule has 0 unspecified atom stereocenters. The van der Waals surface area contributed by atoms with Gasteiger partial charge in [0.05, 0.1) is 12.8 Å². The molecule has 0 radical (unpaired) electrons. The third kappa shape index (κ3) is 4.91. The Labute approximate surface area is 131 Å². The average Bonchev–Trinajstić information content (AvgIpc) is 3.08. The zero-order valence-corrected chi connectivity index (χ0v) is 13.0. The number of aryl methyl sites for hydroxylation is 1. The van der Waals surface area contributed by atoms with E-state index in [0.717, 1.165) is 61.4 Å². The van der Waals surface area contributed by atoms with Crippen LogP contribution in [-0.4, -0.2) is 28.0 Å². The van der Waals surface area contributed by atoms with E-state index in [-0.39, 0.29) is 0 Å². The first kappa shape index (κ1) is 16.1. The molecule has 0 saturated carbocycles. The van der Waals surface area contributed by atoms with E-state index in [1.807, 2.05) is 30.5 Å². The number of nitrogens with one attached hydrogen (secondary N) is 1. The van der Waals surface area contributed by atoms with E-state index < -0.39 is 0 Å². The maximum absolute atomic E-state index is 9.18. The highest BCUT2D eigenvalue weighted by Gasteiger charge is 2.05. The lowest BCUT2D eigenvalue weighted by Crippen LogP contribution is -2.01. The maximum atomic E-state index is 9.18. The first-order valence-corrected chi connectivity index (χ1v) is 7.67. The summed E-state index contributed by atoms with van der Waals surface area (Å²) in [5, 5.41) is 12.6. The minimum atomic E-state index is 0.730. The molecule has 0 aliphatic heterocycles. The van der Waals surface area contributed by atoms with Gasteiger partial charge in [0.2, 0.25) is 0 Å². The van der Waals surface area contributed by atoms with Crippen LogP contribution < -0.4 is 4.74 Å². The molecule has 118 valence electrons. The normalized spacial score (nSPS) is 11.6. The zero-order valence-electron chi connectivity index (χ0n) is 13.0. The number of aromatic nitrogens is 2. The Morgan fingerprint density at radius 1 is 1.18 bits per heavy atom. The molecule has 0 fully saturated rings. The van der Waals surface area contributed by atoms with Crippen molar-refractivity contribution in [2.24, 2.45) is 5.16 Å². The summed E-state index contributed by atoms with van der Waals surface area (Å²) in [6.07, 6.45) is 9.83. The van der Waals surface area contributed by atoms with E-state index in [4.69, 9.17) is 4.74 Å². The Morgan fingerprint density at radius 3 is 2.59 bits per heavy atom. The van der Waals surface area contributed by atoms with Crippen LogP contribution >= 0.6 is 0 Å². The van der Waals surface area contributed by atoms with Crippen LogP contribution in [0.2, 0.25) is 0 Å². The molecule has 0 spiro atoms. The number of methoxy groups -OCH3 is 1. The van der Waals surface area contributed by atoms with E-state index in [2.05, 4.69) is 15.1 Å². The van der Waals surface area contributed by atoms with E-state index >= 15 is 0 Å². The van der Waals surface area contributed by atoms with Gasteiger partial charge in [-0.1, -0.05) is 18.0 Å².